The van der Waals surface area contributed by atoms with E-state index < -0.39 is 0 Å². The smallest absolute Gasteiger partial charge is 0.257 e. The molecule has 4 heteroatoms. The van der Waals surface area contributed by atoms with Crippen molar-refractivity contribution in [2.24, 2.45) is 0 Å². The molecule has 118 valence electrons. The molecule has 2 aliphatic heterocycles. The van der Waals surface area contributed by atoms with Crippen molar-refractivity contribution in [3.05, 3.63) is 53.7 Å². The fraction of sp³-hybridized carbons (Fsp3) is 0.368. The third kappa shape index (κ3) is 2.58. The number of carbonyl (C=O) groups excluding carboxylic acids is 1. The quantitative estimate of drug-likeness (QED) is 0.853. The number of rotatable bonds is 2. The molecular formula is C19H21N3O. The summed E-state index contributed by atoms with van der Waals surface area (Å²) in [7, 11) is 0. The van der Waals surface area contributed by atoms with E-state index in [4.69, 9.17) is 0 Å². The van der Waals surface area contributed by atoms with Crippen molar-refractivity contribution in [2.75, 3.05) is 24.5 Å². The third-order valence-electron chi connectivity index (χ3n) is 4.78. The van der Waals surface area contributed by atoms with Gasteiger partial charge in [-0.2, -0.15) is 0 Å². The zero-order valence-corrected chi connectivity index (χ0v) is 13.2. The van der Waals surface area contributed by atoms with E-state index in [2.05, 4.69) is 34.1 Å². The van der Waals surface area contributed by atoms with Gasteiger partial charge in [0.15, 0.2) is 0 Å². The molecule has 1 aromatic carbocycles. The first-order valence-corrected chi connectivity index (χ1v) is 8.44. The molecule has 1 fully saturated rings. The van der Waals surface area contributed by atoms with Crippen molar-refractivity contribution < 1.29 is 4.79 Å². The highest BCUT2D eigenvalue weighted by molar-refractivity contribution is 6.00. The van der Waals surface area contributed by atoms with Crippen LogP contribution in [0.5, 0.6) is 0 Å². The molecule has 0 N–H and O–H groups in total. The normalized spacial score (nSPS) is 17.2. The van der Waals surface area contributed by atoms with E-state index in [0.29, 0.717) is 0 Å². The van der Waals surface area contributed by atoms with Gasteiger partial charge in [-0.1, -0.05) is 18.2 Å². The lowest BCUT2D eigenvalue weighted by molar-refractivity contribution is 0.0793. The van der Waals surface area contributed by atoms with Crippen LogP contribution in [-0.4, -0.2) is 35.4 Å². The number of nitrogens with zero attached hydrogens (tertiary/aromatic N) is 3. The standard InChI is InChI=1S/C19H21N3O/c23-19(21-12-3-4-13-21)16-9-5-11-20-18(16)22-14-6-8-15-7-1-2-10-17(15)22/h1-2,5,7,9-11H,3-4,6,8,12-14H2. The summed E-state index contributed by atoms with van der Waals surface area (Å²) in [5.74, 6) is 0.921. The minimum Gasteiger partial charge on any atom is -0.339 e. The number of aryl methyl sites for hydroxylation is 1. The molecule has 0 atom stereocenters. The number of hydrogen-bond acceptors (Lipinski definition) is 3. The molecule has 4 nitrogen and oxygen atoms in total. The van der Waals surface area contributed by atoms with Gasteiger partial charge in [0.2, 0.25) is 0 Å². The van der Waals surface area contributed by atoms with Gasteiger partial charge in [-0.3, -0.25) is 4.79 Å². The molecule has 0 saturated carbocycles. The third-order valence-corrected chi connectivity index (χ3v) is 4.78. The van der Waals surface area contributed by atoms with Crippen LogP contribution in [0.15, 0.2) is 42.6 Å². The number of pyridine rings is 1. The number of amides is 1. The molecule has 0 bridgehead atoms. The number of para-hydroxylation sites is 1. The molecule has 0 spiro atoms. The van der Waals surface area contributed by atoms with Crippen molar-refractivity contribution in [3.63, 3.8) is 0 Å². The van der Waals surface area contributed by atoms with E-state index in [0.717, 1.165) is 56.7 Å². The van der Waals surface area contributed by atoms with Gasteiger partial charge in [-0.25, -0.2) is 4.98 Å². The Hall–Kier alpha value is -2.36. The fourth-order valence-corrected chi connectivity index (χ4v) is 3.62. The summed E-state index contributed by atoms with van der Waals surface area (Å²) in [5.41, 5.74) is 3.25. The molecule has 1 amide bonds. The van der Waals surface area contributed by atoms with Gasteiger partial charge in [0.1, 0.15) is 5.82 Å². The van der Waals surface area contributed by atoms with Gasteiger partial charge in [-0.05, 0) is 49.4 Å². The van der Waals surface area contributed by atoms with E-state index in [-0.39, 0.29) is 5.91 Å². The van der Waals surface area contributed by atoms with Gasteiger partial charge in [0.25, 0.3) is 5.91 Å². The van der Waals surface area contributed by atoms with Crippen LogP contribution in [0.4, 0.5) is 11.5 Å². The Balaban J connectivity index is 1.74. The number of anilines is 2. The maximum absolute atomic E-state index is 12.9. The average Bonchev–Trinajstić information content (AvgIpc) is 3.15. The minimum absolute atomic E-state index is 0.119. The molecule has 1 saturated heterocycles. The number of fused-ring (bicyclic) bond motifs is 1. The summed E-state index contributed by atoms with van der Waals surface area (Å²) >= 11 is 0. The zero-order chi connectivity index (χ0) is 15.6. The lowest BCUT2D eigenvalue weighted by Gasteiger charge is -2.32. The maximum atomic E-state index is 12.9. The Bertz CT molecular complexity index is 722. The van der Waals surface area contributed by atoms with Crippen LogP contribution in [0.3, 0.4) is 0 Å². The van der Waals surface area contributed by atoms with Crippen molar-refractivity contribution in [1.82, 2.24) is 9.88 Å². The van der Waals surface area contributed by atoms with Crippen LogP contribution in [0, 0.1) is 0 Å². The summed E-state index contributed by atoms with van der Waals surface area (Å²) in [5, 5.41) is 0. The number of hydrogen-bond donors (Lipinski definition) is 0. The highest BCUT2D eigenvalue weighted by atomic mass is 16.2. The molecule has 0 unspecified atom stereocenters. The number of benzene rings is 1. The summed E-state index contributed by atoms with van der Waals surface area (Å²) in [4.78, 5) is 21.6. The second kappa shape index (κ2) is 6.03. The first-order valence-electron chi connectivity index (χ1n) is 8.44. The fourth-order valence-electron chi connectivity index (χ4n) is 3.62. The van der Waals surface area contributed by atoms with Crippen molar-refractivity contribution >= 4 is 17.4 Å². The second-order valence-electron chi connectivity index (χ2n) is 6.26. The van der Waals surface area contributed by atoms with E-state index in [1.807, 2.05) is 17.0 Å². The SMILES string of the molecule is O=C(c1cccnc1N1CCCc2ccccc21)N1CCCC1. The topological polar surface area (TPSA) is 36.4 Å². The van der Waals surface area contributed by atoms with Crippen LogP contribution in [0.2, 0.25) is 0 Å². The molecule has 23 heavy (non-hydrogen) atoms. The number of aromatic nitrogens is 1. The largest absolute Gasteiger partial charge is 0.339 e. The lowest BCUT2D eigenvalue weighted by atomic mass is 10.0. The van der Waals surface area contributed by atoms with Crippen molar-refractivity contribution in [2.45, 2.75) is 25.7 Å². The van der Waals surface area contributed by atoms with Crippen LogP contribution in [0.1, 0.15) is 35.2 Å². The van der Waals surface area contributed by atoms with Crippen LogP contribution in [-0.2, 0) is 6.42 Å². The predicted molar refractivity (Wildman–Crippen MR) is 91.1 cm³/mol. The molecule has 0 radical (unpaired) electrons. The molecule has 4 rings (SSSR count). The molecule has 3 heterocycles. The Labute approximate surface area is 136 Å². The Morgan fingerprint density at radius 1 is 0.957 bits per heavy atom. The molecule has 0 aliphatic carbocycles. The average molecular weight is 307 g/mol. The van der Waals surface area contributed by atoms with E-state index in [1.165, 1.54) is 11.3 Å². The number of carbonyl (C=O) groups is 1. The molecular weight excluding hydrogens is 286 g/mol. The van der Waals surface area contributed by atoms with Gasteiger partial charge in [-0.15, -0.1) is 0 Å². The van der Waals surface area contributed by atoms with Gasteiger partial charge in [0, 0.05) is 31.5 Å². The highest BCUT2D eigenvalue weighted by Gasteiger charge is 2.27. The Morgan fingerprint density at radius 2 is 1.78 bits per heavy atom. The summed E-state index contributed by atoms with van der Waals surface area (Å²) in [6.45, 7) is 2.64. The highest BCUT2D eigenvalue weighted by Crippen LogP contribution is 2.34. The molecule has 2 aromatic rings. The van der Waals surface area contributed by atoms with Crippen LogP contribution >= 0.6 is 0 Å². The van der Waals surface area contributed by atoms with E-state index in [1.54, 1.807) is 6.20 Å². The minimum atomic E-state index is 0.119. The molecule has 2 aliphatic rings. The predicted octanol–water partition coefficient (Wildman–Crippen LogP) is 3.40. The first-order chi connectivity index (χ1) is 11.3. The van der Waals surface area contributed by atoms with Crippen LogP contribution < -0.4 is 4.90 Å². The lowest BCUT2D eigenvalue weighted by Crippen LogP contribution is -2.32. The van der Waals surface area contributed by atoms with E-state index in [9.17, 15) is 4.79 Å². The maximum Gasteiger partial charge on any atom is 0.257 e. The van der Waals surface area contributed by atoms with Gasteiger partial charge in [0.05, 0.1) is 5.56 Å². The van der Waals surface area contributed by atoms with E-state index >= 15 is 0 Å². The Kier molecular flexibility index (Phi) is 3.74. The summed E-state index contributed by atoms with van der Waals surface area (Å²) < 4.78 is 0. The monoisotopic (exact) mass is 307 g/mol. The van der Waals surface area contributed by atoms with Crippen molar-refractivity contribution in [3.8, 4) is 0 Å². The Morgan fingerprint density at radius 3 is 2.65 bits per heavy atom. The van der Waals surface area contributed by atoms with Gasteiger partial charge >= 0.3 is 0 Å². The second-order valence-corrected chi connectivity index (χ2v) is 6.26. The summed E-state index contributed by atoms with van der Waals surface area (Å²) in [6.07, 6.45) is 6.18. The van der Waals surface area contributed by atoms with Gasteiger partial charge < -0.3 is 9.80 Å². The summed E-state index contributed by atoms with van der Waals surface area (Å²) in [6, 6.07) is 12.2. The number of likely N-dealkylation sites (tertiary alicyclic amines) is 1. The van der Waals surface area contributed by atoms with Crippen molar-refractivity contribution in [1.29, 1.82) is 0 Å². The molecule has 1 aromatic heterocycles. The first kappa shape index (κ1) is 14.2. The zero-order valence-electron chi connectivity index (χ0n) is 13.2. The van der Waals surface area contributed by atoms with Crippen LogP contribution in [0.25, 0.3) is 0 Å².